The van der Waals surface area contributed by atoms with E-state index in [0.717, 1.165) is 31.8 Å². The maximum Gasteiger partial charge on any atom is 0.0934 e. The Labute approximate surface area is 77.7 Å². The van der Waals surface area contributed by atoms with Crippen LogP contribution in [0.1, 0.15) is 19.8 Å². The van der Waals surface area contributed by atoms with Crippen LogP contribution >= 0.6 is 0 Å². The van der Waals surface area contributed by atoms with Gasteiger partial charge in [0.15, 0.2) is 0 Å². The van der Waals surface area contributed by atoms with E-state index in [9.17, 15) is 0 Å². The summed E-state index contributed by atoms with van der Waals surface area (Å²) >= 11 is 0. The van der Waals surface area contributed by atoms with Gasteiger partial charge in [-0.15, -0.1) is 5.10 Å². The Hall–Kier alpha value is -1.39. The van der Waals surface area contributed by atoms with Crippen molar-refractivity contribution < 1.29 is 0 Å². The van der Waals surface area contributed by atoms with Crippen LogP contribution in [0.15, 0.2) is 17.4 Å². The van der Waals surface area contributed by atoms with Gasteiger partial charge in [0, 0.05) is 25.7 Å². The monoisotopic (exact) mass is 181 g/mol. The van der Waals surface area contributed by atoms with Crippen molar-refractivity contribution in [2.45, 2.75) is 26.3 Å². The number of hydrogen-bond donors (Lipinski definition) is 1. The lowest BCUT2D eigenvalue weighted by molar-refractivity contribution is 0.564. The van der Waals surface area contributed by atoms with Crippen LogP contribution in [0, 0.1) is 0 Å². The smallest absolute Gasteiger partial charge is 0.0934 e. The molecule has 0 spiro atoms. The average Bonchev–Trinajstić information content (AvgIpc) is 2.64. The predicted octanol–water partition coefficient (Wildman–Crippen LogP) is 0.435. The summed E-state index contributed by atoms with van der Waals surface area (Å²) in [5.74, 6) is 0.721. The van der Waals surface area contributed by atoms with Crippen LogP contribution in [-0.2, 0) is 6.54 Å². The Morgan fingerprint density at radius 1 is 1.62 bits per heavy atom. The van der Waals surface area contributed by atoms with Crippen LogP contribution in [0.2, 0.25) is 0 Å². The molecule has 0 atom stereocenters. The molecule has 0 bridgehead atoms. The van der Waals surface area contributed by atoms with E-state index in [1.807, 2.05) is 13.1 Å². The number of aromatic nitrogens is 3. The van der Waals surface area contributed by atoms with Crippen molar-refractivity contribution >= 4 is 5.84 Å². The minimum atomic E-state index is 0.721. The molecule has 13 heavy (non-hydrogen) atoms. The molecule has 0 aromatic carbocycles. The molecule has 0 aliphatic rings. The number of aryl methyl sites for hydroxylation is 1. The molecule has 1 rings (SSSR count). The van der Waals surface area contributed by atoms with Crippen molar-refractivity contribution in [3.63, 3.8) is 0 Å². The van der Waals surface area contributed by atoms with Gasteiger partial charge in [0.2, 0.25) is 0 Å². The Kier molecular flexibility index (Phi) is 3.95. The number of rotatable bonds is 5. The highest BCUT2D eigenvalue weighted by Crippen LogP contribution is 1.89. The molecule has 0 aliphatic carbocycles. The lowest BCUT2D eigenvalue weighted by atomic mass is 10.4. The Morgan fingerprint density at radius 2 is 2.46 bits per heavy atom. The normalized spacial score (nSPS) is 11.9. The van der Waals surface area contributed by atoms with Crippen molar-refractivity contribution in [2.24, 2.45) is 10.7 Å². The van der Waals surface area contributed by atoms with Gasteiger partial charge in [0.05, 0.1) is 12.0 Å². The second kappa shape index (κ2) is 5.29. The van der Waals surface area contributed by atoms with Gasteiger partial charge in [-0.25, -0.2) is 0 Å². The second-order valence-corrected chi connectivity index (χ2v) is 2.75. The van der Waals surface area contributed by atoms with E-state index in [2.05, 4.69) is 15.3 Å². The third kappa shape index (κ3) is 3.68. The van der Waals surface area contributed by atoms with Gasteiger partial charge in [-0.05, 0) is 6.42 Å². The molecule has 0 saturated carbocycles. The molecule has 5 nitrogen and oxygen atoms in total. The summed E-state index contributed by atoms with van der Waals surface area (Å²) in [6.45, 7) is 3.61. The maximum atomic E-state index is 5.55. The third-order valence-corrected chi connectivity index (χ3v) is 1.69. The first-order valence-corrected chi connectivity index (χ1v) is 4.46. The average molecular weight is 181 g/mol. The molecule has 0 amide bonds. The molecule has 0 aliphatic heterocycles. The topological polar surface area (TPSA) is 69.1 Å². The van der Waals surface area contributed by atoms with Gasteiger partial charge >= 0.3 is 0 Å². The molecule has 0 radical (unpaired) electrons. The molecule has 0 saturated heterocycles. The van der Waals surface area contributed by atoms with Gasteiger partial charge < -0.3 is 5.73 Å². The minimum Gasteiger partial charge on any atom is -0.387 e. The van der Waals surface area contributed by atoms with Gasteiger partial charge in [0.25, 0.3) is 0 Å². The maximum absolute atomic E-state index is 5.55. The van der Waals surface area contributed by atoms with E-state index in [-0.39, 0.29) is 0 Å². The molecule has 2 N–H and O–H groups in total. The van der Waals surface area contributed by atoms with Crippen molar-refractivity contribution in [1.29, 1.82) is 0 Å². The van der Waals surface area contributed by atoms with Crippen molar-refractivity contribution in [1.82, 2.24) is 15.0 Å². The van der Waals surface area contributed by atoms with Crippen molar-refractivity contribution in [2.75, 3.05) is 6.54 Å². The summed E-state index contributed by atoms with van der Waals surface area (Å²) in [5, 5.41) is 7.54. The zero-order chi connectivity index (χ0) is 9.52. The zero-order valence-corrected chi connectivity index (χ0v) is 7.85. The largest absolute Gasteiger partial charge is 0.387 e. The van der Waals surface area contributed by atoms with Crippen LogP contribution in [0.4, 0.5) is 0 Å². The van der Waals surface area contributed by atoms with Gasteiger partial charge in [-0.3, -0.25) is 9.67 Å². The number of nitrogens with zero attached hydrogens (tertiary/aromatic N) is 4. The summed E-state index contributed by atoms with van der Waals surface area (Å²) in [4.78, 5) is 4.17. The van der Waals surface area contributed by atoms with E-state index < -0.39 is 0 Å². The Morgan fingerprint density at radius 3 is 3.08 bits per heavy atom. The lowest BCUT2D eigenvalue weighted by Crippen LogP contribution is -2.11. The first-order valence-electron chi connectivity index (χ1n) is 4.46. The summed E-state index contributed by atoms with van der Waals surface area (Å²) in [5.41, 5.74) is 5.55. The Bertz CT molecular complexity index is 252. The van der Waals surface area contributed by atoms with E-state index >= 15 is 0 Å². The van der Waals surface area contributed by atoms with Gasteiger partial charge in [-0.1, -0.05) is 12.1 Å². The van der Waals surface area contributed by atoms with Crippen LogP contribution < -0.4 is 5.73 Å². The molecule has 72 valence electrons. The Balaban J connectivity index is 2.15. The fourth-order valence-electron chi connectivity index (χ4n) is 0.919. The fourth-order valence-corrected chi connectivity index (χ4v) is 0.919. The molecule has 1 aromatic heterocycles. The number of amidine groups is 1. The fraction of sp³-hybridized carbons (Fsp3) is 0.625. The van der Waals surface area contributed by atoms with E-state index in [1.165, 1.54) is 0 Å². The molecule has 5 heteroatoms. The molecule has 0 unspecified atom stereocenters. The highest BCUT2D eigenvalue weighted by Gasteiger charge is 1.91. The predicted molar refractivity (Wildman–Crippen MR) is 51.4 cm³/mol. The van der Waals surface area contributed by atoms with E-state index in [0.29, 0.717) is 0 Å². The molecule has 1 aromatic rings. The quantitative estimate of drug-likeness (QED) is 0.407. The van der Waals surface area contributed by atoms with Crippen LogP contribution in [0.5, 0.6) is 0 Å². The van der Waals surface area contributed by atoms with Gasteiger partial charge in [-0.2, -0.15) is 0 Å². The molecular formula is C8H15N5. The molecule has 0 fully saturated rings. The molecule has 1 heterocycles. The third-order valence-electron chi connectivity index (χ3n) is 1.69. The van der Waals surface area contributed by atoms with Crippen molar-refractivity contribution in [3.8, 4) is 0 Å². The molecular weight excluding hydrogens is 166 g/mol. The standard InChI is InChI=1S/C8H15N5/c1-2-8(9)10-4-3-6-13-7-5-11-12-13/h5,7H,2-4,6H2,1H3,(H2,9,10). The number of aliphatic imine (C=N–C) groups is 1. The first-order chi connectivity index (χ1) is 6.33. The second-order valence-electron chi connectivity index (χ2n) is 2.75. The first kappa shape index (κ1) is 9.70. The highest BCUT2D eigenvalue weighted by molar-refractivity contribution is 5.79. The van der Waals surface area contributed by atoms with Gasteiger partial charge in [0.1, 0.15) is 0 Å². The van der Waals surface area contributed by atoms with Crippen LogP contribution in [-0.4, -0.2) is 27.4 Å². The lowest BCUT2D eigenvalue weighted by Gasteiger charge is -1.98. The summed E-state index contributed by atoms with van der Waals surface area (Å²) in [6.07, 6.45) is 5.28. The summed E-state index contributed by atoms with van der Waals surface area (Å²) in [7, 11) is 0. The zero-order valence-electron chi connectivity index (χ0n) is 7.85. The van der Waals surface area contributed by atoms with Crippen LogP contribution in [0.25, 0.3) is 0 Å². The number of nitrogens with two attached hydrogens (primary N) is 1. The van der Waals surface area contributed by atoms with Crippen LogP contribution in [0.3, 0.4) is 0 Å². The summed E-state index contributed by atoms with van der Waals surface area (Å²) < 4.78 is 1.79. The SMILES string of the molecule is CCC(N)=NCCCn1ccnn1. The van der Waals surface area contributed by atoms with E-state index in [1.54, 1.807) is 10.9 Å². The van der Waals surface area contributed by atoms with Crippen molar-refractivity contribution in [3.05, 3.63) is 12.4 Å². The summed E-state index contributed by atoms with van der Waals surface area (Å²) in [6, 6.07) is 0. The van der Waals surface area contributed by atoms with E-state index in [4.69, 9.17) is 5.73 Å². The number of hydrogen-bond acceptors (Lipinski definition) is 3. The highest BCUT2D eigenvalue weighted by atomic mass is 15.4. The minimum absolute atomic E-state index is 0.721.